The van der Waals surface area contributed by atoms with Gasteiger partial charge >= 0.3 is 6.18 Å². The van der Waals surface area contributed by atoms with Gasteiger partial charge in [0.15, 0.2) is 0 Å². The molecule has 0 unspecified atom stereocenters. The lowest BCUT2D eigenvalue weighted by molar-refractivity contribution is -0.137. The monoisotopic (exact) mass is 594 g/mol. The molecule has 0 spiro atoms. The van der Waals surface area contributed by atoms with Crippen LogP contribution in [-0.2, 0) is 21.0 Å². The molecule has 3 aromatic carbocycles. The molecule has 0 bridgehead atoms. The lowest BCUT2D eigenvalue weighted by Crippen LogP contribution is -2.38. The molecular formula is C21H15ClF3IN2O3S. The number of alkyl halides is 3. The predicted octanol–water partition coefficient (Wildman–Crippen LogP) is 5.80. The molecule has 0 heterocycles. The van der Waals surface area contributed by atoms with Crippen LogP contribution in [0.2, 0.25) is 5.02 Å². The second-order valence-electron chi connectivity index (χ2n) is 6.54. The number of amides is 1. The van der Waals surface area contributed by atoms with Gasteiger partial charge in [0, 0.05) is 9.26 Å². The number of hydrogen-bond donors (Lipinski definition) is 1. The van der Waals surface area contributed by atoms with E-state index in [-0.39, 0.29) is 10.6 Å². The smallest absolute Gasteiger partial charge is 0.325 e. The van der Waals surface area contributed by atoms with Crippen LogP contribution in [0.25, 0.3) is 0 Å². The summed E-state index contributed by atoms with van der Waals surface area (Å²) in [5, 5.41) is 1.97. The first-order valence-electron chi connectivity index (χ1n) is 8.98. The van der Waals surface area contributed by atoms with E-state index in [0.717, 1.165) is 15.7 Å². The second kappa shape index (κ2) is 9.67. The molecular weight excluding hydrogens is 580 g/mol. The SMILES string of the molecule is O=C(CN(c1ccc(Cl)c(C(F)(F)F)c1)S(=O)(=O)c1ccccc1)Nc1ccc(I)cc1. The largest absolute Gasteiger partial charge is 0.417 e. The third-order valence-electron chi connectivity index (χ3n) is 4.29. The molecule has 0 aromatic heterocycles. The van der Waals surface area contributed by atoms with Gasteiger partial charge in [-0.15, -0.1) is 0 Å². The fourth-order valence-electron chi connectivity index (χ4n) is 2.78. The normalized spacial score (nSPS) is 11.8. The molecule has 32 heavy (non-hydrogen) atoms. The molecule has 11 heteroatoms. The van der Waals surface area contributed by atoms with Gasteiger partial charge in [0.2, 0.25) is 5.91 Å². The molecule has 0 radical (unpaired) electrons. The van der Waals surface area contributed by atoms with Gasteiger partial charge in [0.1, 0.15) is 6.54 Å². The van der Waals surface area contributed by atoms with Crippen molar-refractivity contribution in [2.45, 2.75) is 11.1 Å². The molecule has 5 nitrogen and oxygen atoms in total. The first-order chi connectivity index (χ1) is 15.0. The molecule has 1 N–H and O–H groups in total. The van der Waals surface area contributed by atoms with Crippen molar-refractivity contribution >= 4 is 61.5 Å². The summed E-state index contributed by atoms with van der Waals surface area (Å²) in [6, 6.07) is 16.5. The highest BCUT2D eigenvalue weighted by Gasteiger charge is 2.35. The fourth-order valence-corrected chi connectivity index (χ4v) is 4.80. The standard InChI is InChI=1S/C21H15ClF3IN2O3S/c22-19-11-10-16(12-18(19)21(23,24)25)28(32(30,31)17-4-2-1-3-5-17)13-20(29)27-15-8-6-14(26)7-9-15/h1-12H,13H2,(H,27,29). The van der Waals surface area contributed by atoms with Crippen LogP contribution in [0.5, 0.6) is 0 Å². The minimum absolute atomic E-state index is 0.175. The Morgan fingerprint density at radius 2 is 1.62 bits per heavy atom. The van der Waals surface area contributed by atoms with E-state index in [1.165, 1.54) is 24.3 Å². The Bertz CT molecular complexity index is 1220. The third-order valence-corrected chi connectivity index (χ3v) is 7.13. The van der Waals surface area contributed by atoms with Crippen LogP contribution >= 0.6 is 34.2 Å². The van der Waals surface area contributed by atoms with Gasteiger partial charge in [0.05, 0.1) is 21.2 Å². The second-order valence-corrected chi connectivity index (χ2v) is 10.1. The van der Waals surface area contributed by atoms with Crippen molar-refractivity contribution in [3.05, 3.63) is 87.0 Å². The maximum Gasteiger partial charge on any atom is 0.417 e. The summed E-state index contributed by atoms with van der Waals surface area (Å²) in [5.41, 5.74) is -1.13. The zero-order valence-electron chi connectivity index (χ0n) is 16.1. The molecule has 0 aliphatic carbocycles. The van der Waals surface area contributed by atoms with Gasteiger partial charge < -0.3 is 5.32 Å². The summed E-state index contributed by atoms with van der Waals surface area (Å²) in [7, 11) is -4.36. The average molecular weight is 595 g/mol. The highest BCUT2D eigenvalue weighted by Crippen LogP contribution is 2.38. The fraction of sp³-hybridized carbons (Fsp3) is 0.0952. The van der Waals surface area contributed by atoms with Crippen LogP contribution in [0, 0.1) is 3.57 Å². The molecule has 0 fully saturated rings. The number of halogens is 5. The molecule has 3 rings (SSSR count). The van der Waals surface area contributed by atoms with Crippen molar-refractivity contribution in [2.75, 3.05) is 16.2 Å². The highest BCUT2D eigenvalue weighted by atomic mass is 127. The van der Waals surface area contributed by atoms with Gasteiger partial charge in [-0.1, -0.05) is 29.8 Å². The Hall–Kier alpha value is -2.31. The minimum Gasteiger partial charge on any atom is -0.325 e. The van der Waals surface area contributed by atoms with E-state index in [4.69, 9.17) is 11.6 Å². The Morgan fingerprint density at radius 3 is 2.22 bits per heavy atom. The van der Waals surface area contributed by atoms with Crippen molar-refractivity contribution in [3.8, 4) is 0 Å². The van der Waals surface area contributed by atoms with Crippen LogP contribution in [0.3, 0.4) is 0 Å². The molecule has 0 atom stereocenters. The number of anilines is 2. The Kier molecular flexibility index (Phi) is 7.36. The summed E-state index contributed by atoms with van der Waals surface area (Å²) < 4.78 is 68.1. The van der Waals surface area contributed by atoms with Crippen molar-refractivity contribution < 1.29 is 26.4 Å². The zero-order valence-corrected chi connectivity index (χ0v) is 19.8. The Labute approximate surface area is 201 Å². The van der Waals surface area contributed by atoms with E-state index in [1.807, 2.05) is 0 Å². The molecule has 0 aliphatic heterocycles. The van der Waals surface area contributed by atoms with Crippen molar-refractivity contribution in [3.63, 3.8) is 0 Å². The summed E-state index contributed by atoms with van der Waals surface area (Å²) in [6.07, 6.45) is -4.81. The number of rotatable bonds is 6. The van der Waals surface area contributed by atoms with E-state index >= 15 is 0 Å². The summed E-state index contributed by atoms with van der Waals surface area (Å²) in [6.45, 7) is -0.748. The molecule has 0 aliphatic rings. The van der Waals surface area contributed by atoms with Crippen molar-refractivity contribution in [2.24, 2.45) is 0 Å². The summed E-state index contributed by atoms with van der Waals surface area (Å²) >= 11 is 7.76. The number of hydrogen-bond acceptors (Lipinski definition) is 3. The van der Waals surface area contributed by atoms with Crippen LogP contribution in [0.1, 0.15) is 5.56 Å². The molecule has 1 amide bonds. The predicted molar refractivity (Wildman–Crippen MR) is 125 cm³/mol. The van der Waals surface area contributed by atoms with E-state index in [1.54, 1.807) is 30.3 Å². The average Bonchev–Trinajstić information content (AvgIpc) is 2.74. The molecule has 0 saturated heterocycles. The maximum absolute atomic E-state index is 13.4. The van der Waals surface area contributed by atoms with Gasteiger partial charge in [0.25, 0.3) is 10.0 Å². The number of sulfonamides is 1. The van der Waals surface area contributed by atoms with Gasteiger partial charge in [-0.3, -0.25) is 9.10 Å². The topological polar surface area (TPSA) is 66.5 Å². The van der Waals surface area contributed by atoms with Crippen molar-refractivity contribution in [1.29, 1.82) is 0 Å². The third kappa shape index (κ3) is 5.73. The summed E-state index contributed by atoms with van der Waals surface area (Å²) in [5.74, 6) is -0.728. The van der Waals surface area contributed by atoms with Gasteiger partial charge in [-0.25, -0.2) is 8.42 Å². The number of nitrogens with one attached hydrogen (secondary N) is 1. The molecule has 168 valence electrons. The first kappa shape index (κ1) is 24.3. The minimum atomic E-state index is -4.81. The summed E-state index contributed by atoms with van der Waals surface area (Å²) in [4.78, 5) is 12.5. The lowest BCUT2D eigenvalue weighted by Gasteiger charge is -2.25. The van der Waals surface area contributed by atoms with Gasteiger partial charge in [-0.2, -0.15) is 13.2 Å². The van der Waals surface area contributed by atoms with E-state index in [9.17, 15) is 26.4 Å². The van der Waals surface area contributed by atoms with E-state index in [0.29, 0.717) is 16.1 Å². The number of carbonyl (C=O) groups is 1. The highest BCUT2D eigenvalue weighted by molar-refractivity contribution is 14.1. The Balaban J connectivity index is 2.02. The lowest BCUT2D eigenvalue weighted by atomic mass is 10.2. The van der Waals surface area contributed by atoms with Crippen LogP contribution < -0.4 is 9.62 Å². The zero-order chi connectivity index (χ0) is 23.5. The van der Waals surface area contributed by atoms with Crippen molar-refractivity contribution in [1.82, 2.24) is 0 Å². The maximum atomic E-state index is 13.4. The number of benzene rings is 3. The van der Waals surface area contributed by atoms with Crippen LogP contribution in [-0.4, -0.2) is 20.9 Å². The molecule has 3 aromatic rings. The number of carbonyl (C=O) groups excluding carboxylic acids is 1. The molecule has 0 saturated carbocycles. The number of nitrogens with zero attached hydrogens (tertiary/aromatic N) is 1. The van der Waals surface area contributed by atoms with E-state index < -0.39 is 39.2 Å². The first-order valence-corrected chi connectivity index (χ1v) is 11.9. The Morgan fingerprint density at radius 1 is 1.00 bits per heavy atom. The van der Waals surface area contributed by atoms with E-state index in [2.05, 4.69) is 27.9 Å². The van der Waals surface area contributed by atoms with Crippen LogP contribution in [0.15, 0.2) is 77.7 Å². The van der Waals surface area contributed by atoms with Crippen LogP contribution in [0.4, 0.5) is 24.5 Å². The van der Waals surface area contributed by atoms with Gasteiger partial charge in [-0.05, 0) is 77.2 Å². The quantitative estimate of drug-likeness (QED) is 0.367.